The van der Waals surface area contributed by atoms with Gasteiger partial charge in [0.05, 0.1) is 16.4 Å². The molecule has 0 unspecified atom stereocenters. The number of fused-ring (bicyclic) bond motifs is 1. The summed E-state index contributed by atoms with van der Waals surface area (Å²) in [6.07, 6.45) is 5.64. The van der Waals surface area contributed by atoms with Crippen LogP contribution in [0.25, 0.3) is 11.0 Å². The summed E-state index contributed by atoms with van der Waals surface area (Å²) in [5, 5.41) is 0. The van der Waals surface area contributed by atoms with Crippen molar-refractivity contribution in [2.75, 3.05) is 13.1 Å². The highest BCUT2D eigenvalue weighted by atomic mass is 15.2. The highest BCUT2D eigenvalue weighted by Crippen LogP contribution is 2.38. The van der Waals surface area contributed by atoms with Gasteiger partial charge in [-0.2, -0.15) is 0 Å². The van der Waals surface area contributed by atoms with Crippen molar-refractivity contribution in [2.45, 2.75) is 44.1 Å². The van der Waals surface area contributed by atoms with Gasteiger partial charge in [-0.05, 0) is 25.0 Å². The van der Waals surface area contributed by atoms with E-state index in [0.717, 1.165) is 30.2 Å². The zero-order chi connectivity index (χ0) is 12.9. The van der Waals surface area contributed by atoms with E-state index in [1.54, 1.807) is 0 Å². The van der Waals surface area contributed by atoms with Gasteiger partial charge in [-0.15, -0.1) is 0 Å². The maximum absolute atomic E-state index is 4.79. The molecule has 3 nitrogen and oxygen atoms in total. The van der Waals surface area contributed by atoms with Crippen molar-refractivity contribution >= 4 is 11.0 Å². The largest absolute Gasteiger partial charge is 0.341 e. The first kappa shape index (κ1) is 11.5. The topological polar surface area (TPSA) is 31.9 Å². The van der Waals surface area contributed by atoms with Gasteiger partial charge < -0.3 is 4.98 Å². The highest BCUT2D eigenvalue weighted by Gasteiger charge is 2.45. The summed E-state index contributed by atoms with van der Waals surface area (Å²) < 4.78 is 0. The lowest BCUT2D eigenvalue weighted by Gasteiger charge is -2.49. The zero-order valence-electron chi connectivity index (χ0n) is 11.5. The summed E-state index contributed by atoms with van der Waals surface area (Å²) in [7, 11) is 0. The molecule has 0 atom stereocenters. The summed E-state index contributed by atoms with van der Waals surface area (Å²) in [6.45, 7) is 4.67. The third-order valence-electron chi connectivity index (χ3n) is 4.91. The van der Waals surface area contributed by atoms with Crippen LogP contribution in [0.4, 0.5) is 0 Å². The second-order valence-electron chi connectivity index (χ2n) is 6.51. The summed E-state index contributed by atoms with van der Waals surface area (Å²) in [5.74, 6) is 1.17. The summed E-state index contributed by atoms with van der Waals surface area (Å²) in [5.41, 5.74) is 2.48. The van der Waals surface area contributed by atoms with Gasteiger partial charge in [-0.3, -0.25) is 4.90 Å². The molecule has 0 radical (unpaired) electrons. The summed E-state index contributed by atoms with van der Waals surface area (Å²) in [4.78, 5) is 10.9. The van der Waals surface area contributed by atoms with Crippen molar-refractivity contribution in [3.8, 4) is 0 Å². The van der Waals surface area contributed by atoms with Crippen LogP contribution >= 0.6 is 0 Å². The van der Waals surface area contributed by atoms with Crippen molar-refractivity contribution in [3.63, 3.8) is 0 Å². The quantitative estimate of drug-likeness (QED) is 0.894. The molecule has 2 heterocycles. The predicted molar refractivity (Wildman–Crippen MR) is 77.3 cm³/mol. The first-order valence-corrected chi connectivity index (χ1v) is 7.44. The number of H-pyrrole nitrogens is 1. The summed E-state index contributed by atoms with van der Waals surface area (Å²) >= 11 is 0. The predicted octanol–water partition coefficient (Wildman–Crippen LogP) is 3.08. The van der Waals surface area contributed by atoms with Crippen molar-refractivity contribution in [1.29, 1.82) is 0 Å². The van der Waals surface area contributed by atoms with Gasteiger partial charge in [-0.1, -0.05) is 31.9 Å². The van der Waals surface area contributed by atoms with E-state index in [2.05, 4.69) is 41.1 Å². The van der Waals surface area contributed by atoms with Crippen LogP contribution in [0.2, 0.25) is 0 Å². The van der Waals surface area contributed by atoms with Gasteiger partial charge in [0.15, 0.2) is 0 Å². The van der Waals surface area contributed by atoms with Crippen LogP contribution in [0.15, 0.2) is 24.3 Å². The first-order chi connectivity index (χ1) is 9.24. The van der Waals surface area contributed by atoms with Crippen LogP contribution < -0.4 is 0 Å². The van der Waals surface area contributed by atoms with E-state index in [4.69, 9.17) is 4.98 Å². The van der Waals surface area contributed by atoms with E-state index in [9.17, 15) is 0 Å². The van der Waals surface area contributed by atoms with Crippen LogP contribution in [0.3, 0.4) is 0 Å². The number of aromatic amines is 1. The second-order valence-corrected chi connectivity index (χ2v) is 6.51. The molecule has 1 aromatic carbocycles. The Morgan fingerprint density at radius 3 is 2.68 bits per heavy atom. The molecule has 1 saturated heterocycles. The lowest BCUT2D eigenvalue weighted by molar-refractivity contribution is 0.0322. The number of hydrogen-bond acceptors (Lipinski definition) is 2. The third-order valence-corrected chi connectivity index (χ3v) is 4.91. The molecule has 0 bridgehead atoms. The maximum Gasteiger partial charge on any atom is 0.115 e. The van der Waals surface area contributed by atoms with Crippen LogP contribution in [-0.4, -0.2) is 34.0 Å². The number of nitrogens with zero attached hydrogens (tertiary/aromatic N) is 2. The number of para-hydroxylation sites is 2. The molecule has 4 rings (SSSR count). The van der Waals surface area contributed by atoms with Crippen LogP contribution in [0.1, 0.15) is 38.4 Å². The minimum Gasteiger partial charge on any atom is -0.341 e. The molecule has 1 saturated carbocycles. The zero-order valence-corrected chi connectivity index (χ0v) is 11.5. The Hall–Kier alpha value is -1.35. The molecule has 1 aliphatic heterocycles. The fourth-order valence-corrected chi connectivity index (χ4v) is 3.77. The van der Waals surface area contributed by atoms with Gasteiger partial charge in [-0.25, -0.2) is 4.98 Å². The lowest BCUT2D eigenvalue weighted by atomic mass is 9.80. The van der Waals surface area contributed by atoms with Crippen LogP contribution in [0, 0.1) is 0 Å². The Balaban J connectivity index is 1.56. The normalized spacial score (nSPS) is 23.8. The second kappa shape index (κ2) is 4.07. The third kappa shape index (κ3) is 1.79. The molecule has 0 spiro atoms. The molecular formula is C16H21N3. The van der Waals surface area contributed by atoms with E-state index >= 15 is 0 Å². The Morgan fingerprint density at radius 1 is 1.21 bits per heavy atom. The molecule has 1 aliphatic carbocycles. The average Bonchev–Trinajstić information content (AvgIpc) is 3.03. The standard InChI is InChI=1S/C16H21N3/c1-16(10-19(11-16)12-6-2-3-7-12)15-17-13-8-4-5-9-14(13)18-15/h4-5,8-9,12H,2-3,6-7,10-11H2,1H3,(H,17,18). The number of benzene rings is 1. The van der Waals surface area contributed by atoms with E-state index in [1.165, 1.54) is 31.5 Å². The Kier molecular flexibility index (Phi) is 2.46. The highest BCUT2D eigenvalue weighted by molar-refractivity contribution is 5.75. The van der Waals surface area contributed by atoms with Gasteiger partial charge in [0.2, 0.25) is 0 Å². The van der Waals surface area contributed by atoms with E-state index in [-0.39, 0.29) is 5.41 Å². The molecule has 19 heavy (non-hydrogen) atoms. The number of imidazole rings is 1. The molecule has 2 aliphatic rings. The Labute approximate surface area is 114 Å². The van der Waals surface area contributed by atoms with Gasteiger partial charge in [0.25, 0.3) is 0 Å². The van der Waals surface area contributed by atoms with Crippen molar-refractivity contribution in [3.05, 3.63) is 30.1 Å². The van der Waals surface area contributed by atoms with Gasteiger partial charge in [0.1, 0.15) is 5.82 Å². The van der Waals surface area contributed by atoms with Crippen LogP contribution in [0.5, 0.6) is 0 Å². The summed E-state index contributed by atoms with van der Waals surface area (Å²) in [6, 6.07) is 9.17. The lowest BCUT2D eigenvalue weighted by Crippen LogP contribution is -2.60. The van der Waals surface area contributed by atoms with Gasteiger partial charge >= 0.3 is 0 Å². The van der Waals surface area contributed by atoms with Crippen molar-refractivity contribution in [2.24, 2.45) is 0 Å². The number of likely N-dealkylation sites (tertiary alicyclic amines) is 1. The van der Waals surface area contributed by atoms with E-state index < -0.39 is 0 Å². The van der Waals surface area contributed by atoms with Crippen molar-refractivity contribution < 1.29 is 0 Å². The fraction of sp³-hybridized carbons (Fsp3) is 0.562. The Morgan fingerprint density at radius 2 is 1.95 bits per heavy atom. The number of hydrogen-bond donors (Lipinski definition) is 1. The number of aromatic nitrogens is 2. The molecule has 0 amide bonds. The molecule has 2 aromatic rings. The first-order valence-electron chi connectivity index (χ1n) is 7.44. The minimum absolute atomic E-state index is 0.224. The Bertz CT molecular complexity index is 556. The monoisotopic (exact) mass is 255 g/mol. The minimum atomic E-state index is 0.224. The molecule has 3 heteroatoms. The molecule has 100 valence electrons. The van der Waals surface area contributed by atoms with E-state index in [0.29, 0.717) is 0 Å². The average molecular weight is 255 g/mol. The molecule has 2 fully saturated rings. The van der Waals surface area contributed by atoms with Gasteiger partial charge in [0, 0.05) is 19.1 Å². The molecular weight excluding hydrogens is 234 g/mol. The SMILES string of the molecule is CC1(c2nc3ccccc3[nH]2)CN(C2CCCC2)C1. The van der Waals surface area contributed by atoms with E-state index in [1.807, 2.05) is 0 Å². The number of rotatable bonds is 2. The number of nitrogens with one attached hydrogen (secondary N) is 1. The maximum atomic E-state index is 4.79. The molecule has 1 N–H and O–H groups in total. The van der Waals surface area contributed by atoms with Crippen molar-refractivity contribution in [1.82, 2.24) is 14.9 Å². The fourth-order valence-electron chi connectivity index (χ4n) is 3.77. The smallest absolute Gasteiger partial charge is 0.115 e. The molecule has 1 aromatic heterocycles. The van der Waals surface area contributed by atoms with Crippen LogP contribution in [-0.2, 0) is 5.41 Å².